The Morgan fingerprint density at radius 1 is 1.33 bits per heavy atom. The fourth-order valence-corrected chi connectivity index (χ4v) is 3.48. The van der Waals surface area contributed by atoms with Crippen molar-refractivity contribution in [2.45, 2.75) is 64.0 Å². The van der Waals surface area contributed by atoms with E-state index >= 15 is 0 Å². The van der Waals surface area contributed by atoms with Gasteiger partial charge in [-0.2, -0.15) is 0 Å². The third-order valence-corrected chi connectivity index (χ3v) is 4.54. The molecule has 2 unspecified atom stereocenters. The van der Waals surface area contributed by atoms with Crippen molar-refractivity contribution < 1.29 is 0 Å². The third kappa shape index (κ3) is 2.36. The van der Waals surface area contributed by atoms with Crippen LogP contribution in [0.1, 0.15) is 52.4 Å². The largest absolute Gasteiger partial charge is 0.311 e. The van der Waals surface area contributed by atoms with Crippen molar-refractivity contribution in [3.63, 3.8) is 0 Å². The molecular formula is C13H26N2. The summed E-state index contributed by atoms with van der Waals surface area (Å²) in [6.45, 7) is 8.47. The first-order chi connectivity index (χ1) is 7.29. The SMILES string of the molecule is CCN1CCCC1CC1(CC)CCCN1. The summed E-state index contributed by atoms with van der Waals surface area (Å²) in [6, 6.07) is 0.862. The van der Waals surface area contributed by atoms with Gasteiger partial charge in [-0.25, -0.2) is 0 Å². The molecule has 2 rings (SSSR count). The Labute approximate surface area is 94.4 Å². The molecule has 2 aliphatic rings. The number of rotatable bonds is 4. The molecule has 0 aromatic heterocycles. The van der Waals surface area contributed by atoms with E-state index in [9.17, 15) is 0 Å². The Morgan fingerprint density at radius 2 is 2.20 bits per heavy atom. The lowest BCUT2D eigenvalue weighted by atomic mass is 9.86. The van der Waals surface area contributed by atoms with Crippen LogP contribution in [0.3, 0.4) is 0 Å². The maximum atomic E-state index is 3.76. The van der Waals surface area contributed by atoms with E-state index in [1.807, 2.05) is 0 Å². The standard InChI is InChI=1S/C13H26N2/c1-3-13(8-6-9-14-13)11-12-7-5-10-15(12)4-2/h12,14H,3-11H2,1-2H3. The first-order valence-corrected chi connectivity index (χ1v) is 6.79. The summed E-state index contributed by atoms with van der Waals surface area (Å²) >= 11 is 0. The van der Waals surface area contributed by atoms with Crippen LogP contribution in [0.4, 0.5) is 0 Å². The summed E-state index contributed by atoms with van der Waals surface area (Å²) in [6.07, 6.45) is 8.32. The number of hydrogen-bond acceptors (Lipinski definition) is 2. The average Bonchev–Trinajstić information content (AvgIpc) is 2.88. The highest BCUT2D eigenvalue weighted by molar-refractivity contribution is 4.96. The lowest BCUT2D eigenvalue weighted by Gasteiger charge is -2.34. The van der Waals surface area contributed by atoms with E-state index in [1.165, 1.54) is 58.2 Å². The Kier molecular flexibility index (Phi) is 3.68. The quantitative estimate of drug-likeness (QED) is 0.766. The number of hydrogen-bond donors (Lipinski definition) is 1. The van der Waals surface area contributed by atoms with Gasteiger partial charge in [-0.05, 0) is 58.2 Å². The van der Waals surface area contributed by atoms with Crippen LogP contribution < -0.4 is 5.32 Å². The monoisotopic (exact) mass is 210 g/mol. The smallest absolute Gasteiger partial charge is 0.0194 e. The maximum Gasteiger partial charge on any atom is 0.0194 e. The van der Waals surface area contributed by atoms with Crippen molar-refractivity contribution in [1.82, 2.24) is 10.2 Å². The topological polar surface area (TPSA) is 15.3 Å². The van der Waals surface area contributed by atoms with Gasteiger partial charge in [0, 0.05) is 11.6 Å². The van der Waals surface area contributed by atoms with Crippen LogP contribution in [0.2, 0.25) is 0 Å². The number of nitrogens with zero attached hydrogens (tertiary/aromatic N) is 1. The minimum absolute atomic E-state index is 0.489. The van der Waals surface area contributed by atoms with E-state index < -0.39 is 0 Å². The molecule has 2 saturated heterocycles. The van der Waals surface area contributed by atoms with Crippen LogP contribution in [-0.4, -0.2) is 36.1 Å². The number of likely N-dealkylation sites (tertiary alicyclic amines) is 1. The number of nitrogens with one attached hydrogen (secondary N) is 1. The van der Waals surface area contributed by atoms with E-state index in [4.69, 9.17) is 0 Å². The first-order valence-electron chi connectivity index (χ1n) is 6.79. The molecule has 0 saturated carbocycles. The van der Waals surface area contributed by atoms with Crippen molar-refractivity contribution >= 4 is 0 Å². The normalized spacial score (nSPS) is 37.6. The Balaban J connectivity index is 1.94. The van der Waals surface area contributed by atoms with Gasteiger partial charge in [-0.1, -0.05) is 13.8 Å². The van der Waals surface area contributed by atoms with E-state index in [-0.39, 0.29) is 0 Å². The minimum Gasteiger partial charge on any atom is -0.311 e. The Hall–Kier alpha value is -0.0800. The zero-order valence-electron chi connectivity index (χ0n) is 10.4. The van der Waals surface area contributed by atoms with Crippen LogP contribution in [-0.2, 0) is 0 Å². The lowest BCUT2D eigenvalue weighted by Crippen LogP contribution is -2.45. The van der Waals surface area contributed by atoms with Gasteiger partial charge in [0.2, 0.25) is 0 Å². The van der Waals surface area contributed by atoms with Gasteiger partial charge >= 0.3 is 0 Å². The fraction of sp³-hybridized carbons (Fsp3) is 1.00. The highest BCUT2D eigenvalue weighted by Gasteiger charge is 2.36. The molecule has 2 atom stereocenters. The summed E-state index contributed by atoms with van der Waals surface area (Å²) in [4.78, 5) is 2.68. The summed E-state index contributed by atoms with van der Waals surface area (Å²) < 4.78 is 0. The second-order valence-corrected chi connectivity index (χ2v) is 5.29. The van der Waals surface area contributed by atoms with Gasteiger partial charge in [0.05, 0.1) is 0 Å². The van der Waals surface area contributed by atoms with Gasteiger partial charge in [-0.3, -0.25) is 0 Å². The molecule has 0 aliphatic carbocycles. The molecule has 0 amide bonds. The molecule has 2 fully saturated rings. The van der Waals surface area contributed by atoms with E-state index in [1.54, 1.807) is 0 Å². The van der Waals surface area contributed by atoms with Crippen LogP contribution >= 0.6 is 0 Å². The van der Waals surface area contributed by atoms with E-state index in [0.29, 0.717) is 5.54 Å². The van der Waals surface area contributed by atoms with Gasteiger partial charge in [0.15, 0.2) is 0 Å². The summed E-state index contributed by atoms with van der Waals surface area (Å²) in [5.74, 6) is 0. The molecule has 2 heteroatoms. The van der Waals surface area contributed by atoms with Gasteiger partial charge in [0.25, 0.3) is 0 Å². The Bertz CT molecular complexity index is 197. The highest BCUT2D eigenvalue weighted by atomic mass is 15.2. The van der Waals surface area contributed by atoms with Gasteiger partial charge in [-0.15, -0.1) is 0 Å². The van der Waals surface area contributed by atoms with Gasteiger partial charge in [0.1, 0.15) is 0 Å². The molecule has 2 aliphatic heterocycles. The predicted octanol–water partition coefficient (Wildman–Crippen LogP) is 2.39. The molecule has 0 aromatic rings. The third-order valence-electron chi connectivity index (χ3n) is 4.54. The minimum atomic E-state index is 0.489. The second kappa shape index (κ2) is 4.84. The van der Waals surface area contributed by atoms with Crippen molar-refractivity contribution in [3.05, 3.63) is 0 Å². The predicted molar refractivity (Wildman–Crippen MR) is 65.1 cm³/mol. The lowest BCUT2D eigenvalue weighted by molar-refractivity contribution is 0.196. The molecule has 15 heavy (non-hydrogen) atoms. The second-order valence-electron chi connectivity index (χ2n) is 5.29. The molecule has 0 spiro atoms. The van der Waals surface area contributed by atoms with E-state index in [2.05, 4.69) is 24.1 Å². The summed E-state index contributed by atoms with van der Waals surface area (Å²) in [7, 11) is 0. The molecule has 2 heterocycles. The molecule has 88 valence electrons. The molecule has 1 N–H and O–H groups in total. The van der Waals surface area contributed by atoms with Crippen molar-refractivity contribution in [1.29, 1.82) is 0 Å². The molecular weight excluding hydrogens is 184 g/mol. The summed E-state index contributed by atoms with van der Waals surface area (Å²) in [5, 5.41) is 3.76. The van der Waals surface area contributed by atoms with Crippen molar-refractivity contribution in [2.75, 3.05) is 19.6 Å². The fourth-order valence-electron chi connectivity index (χ4n) is 3.48. The molecule has 0 radical (unpaired) electrons. The summed E-state index contributed by atoms with van der Waals surface area (Å²) in [5.41, 5.74) is 0.489. The molecule has 0 bridgehead atoms. The van der Waals surface area contributed by atoms with Crippen LogP contribution in [0.15, 0.2) is 0 Å². The van der Waals surface area contributed by atoms with Gasteiger partial charge < -0.3 is 10.2 Å². The average molecular weight is 210 g/mol. The first kappa shape index (κ1) is 11.4. The zero-order chi connectivity index (χ0) is 10.7. The highest BCUT2D eigenvalue weighted by Crippen LogP contribution is 2.32. The van der Waals surface area contributed by atoms with Crippen molar-refractivity contribution in [3.8, 4) is 0 Å². The Morgan fingerprint density at radius 3 is 2.80 bits per heavy atom. The van der Waals surface area contributed by atoms with Crippen LogP contribution in [0.25, 0.3) is 0 Å². The van der Waals surface area contributed by atoms with Crippen LogP contribution in [0.5, 0.6) is 0 Å². The van der Waals surface area contributed by atoms with Crippen LogP contribution in [0, 0.1) is 0 Å². The molecule has 0 aromatic carbocycles. The zero-order valence-corrected chi connectivity index (χ0v) is 10.4. The maximum absolute atomic E-state index is 3.76. The van der Waals surface area contributed by atoms with Crippen molar-refractivity contribution in [2.24, 2.45) is 0 Å². The van der Waals surface area contributed by atoms with E-state index in [0.717, 1.165) is 6.04 Å². The molecule has 2 nitrogen and oxygen atoms in total.